The van der Waals surface area contributed by atoms with E-state index in [2.05, 4.69) is 5.32 Å². The fraction of sp³-hybridized carbons (Fsp3) is 0.179. The lowest BCUT2D eigenvalue weighted by Gasteiger charge is -2.37. The standard InChI is InChI=1S/C28H21F6NO2/c1-18-13-14-24(37-18)25(36)35-26(17-19-7-3-2-4-8-19,20-9-5-11-22(15-20)27(29,30)31)21-10-6-12-23(16-21)28(32,33)34/h2-16H,17H2,1H3,(H,35,36). The van der Waals surface area contributed by atoms with E-state index in [0.29, 0.717) is 11.3 Å². The molecule has 1 amide bonds. The molecule has 0 saturated carbocycles. The van der Waals surface area contributed by atoms with Gasteiger partial charge in [0.05, 0.1) is 16.7 Å². The summed E-state index contributed by atoms with van der Waals surface area (Å²) in [5, 5.41) is 2.73. The van der Waals surface area contributed by atoms with Crippen molar-refractivity contribution in [2.24, 2.45) is 0 Å². The van der Waals surface area contributed by atoms with Gasteiger partial charge in [-0.25, -0.2) is 0 Å². The first-order valence-corrected chi connectivity index (χ1v) is 11.2. The van der Waals surface area contributed by atoms with Crippen molar-refractivity contribution in [2.75, 3.05) is 0 Å². The monoisotopic (exact) mass is 517 g/mol. The second-order valence-electron chi connectivity index (χ2n) is 8.59. The zero-order valence-electron chi connectivity index (χ0n) is 19.5. The SMILES string of the molecule is Cc1ccc(C(=O)NC(Cc2ccccc2)(c2cccc(C(F)(F)F)c2)c2cccc(C(F)(F)F)c2)o1. The summed E-state index contributed by atoms with van der Waals surface area (Å²) in [5.41, 5.74) is -3.32. The molecule has 4 rings (SSSR count). The highest BCUT2D eigenvalue weighted by Gasteiger charge is 2.41. The molecule has 0 atom stereocenters. The molecule has 0 aliphatic rings. The van der Waals surface area contributed by atoms with Crippen LogP contribution in [0.4, 0.5) is 26.3 Å². The first kappa shape index (κ1) is 26.1. The van der Waals surface area contributed by atoms with Gasteiger partial charge < -0.3 is 9.73 Å². The summed E-state index contributed by atoms with van der Waals surface area (Å²) in [6, 6.07) is 19.8. The van der Waals surface area contributed by atoms with Gasteiger partial charge in [-0.15, -0.1) is 0 Å². The van der Waals surface area contributed by atoms with E-state index in [1.807, 2.05) is 0 Å². The average Bonchev–Trinajstić information content (AvgIpc) is 3.30. The van der Waals surface area contributed by atoms with Crippen LogP contribution in [0.1, 0.15) is 44.1 Å². The second kappa shape index (κ2) is 9.80. The summed E-state index contributed by atoms with van der Waals surface area (Å²) in [4.78, 5) is 13.3. The second-order valence-corrected chi connectivity index (χ2v) is 8.59. The number of aryl methyl sites for hydroxylation is 1. The maximum Gasteiger partial charge on any atom is 0.416 e. The van der Waals surface area contributed by atoms with E-state index in [1.165, 1.54) is 24.3 Å². The Kier molecular flexibility index (Phi) is 6.90. The fourth-order valence-corrected chi connectivity index (χ4v) is 4.20. The number of alkyl halides is 6. The Balaban J connectivity index is 1.99. The van der Waals surface area contributed by atoms with E-state index in [0.717, 1.165) is 36.4 Å². The Morgan fingerprint density at radius 3 is 1.68 bits per heavy atom. The summed E-state index contributed by atoms with van der Waals surface area (Å²) in [7, 11) is 0. The average molecular weight is 517 g/mol. The topological polar surface area (TPSA) is 42.2 Å². The van der Waals surface area contributed by atoms with Gasteiger partial charge in [-0.1, -0.05) is 54.6 Å². The lowest BCUT2D eigenvalue weighted by Crippen LogP contribution is -2.48. The molecule has 0 aliphatic carbocycles. The minimum absolute atomic E-state index is 0.0397. The molecule has 0 radical (unpaired) electrons. The lowest BCUT2D eigenvalue weighted by molar-refractivity contribution is -0.138. The van der Waals surface area contributed by atoms with Crippen LogP contribution in [0.15, 0.2) is 95.4 Å². The van der Waals surface area contributed by atoms with Crippen LogP contribution in [0.5, 0.6) is 0 Å². The van der Waals surface area contributed by atoms with Gasteiger partial charge in [0.2, 0.25) is 0 Å². The molecule has 0 bridgehead atoms. The van der Waals surface area contributed by atoms with Crippen molar-refractivity contribution in [1.29, 1.82) is 0 Å². The molecule has 0 saturated heterocycles. The molecule has 9 heteroatoms. The Hall–Kier alpha value is -4.01. The van der Waals surface area contributed by atoms with E-state index < -0.39 is 34.9 Å². The van der Waals surface area contributed by atoms with Crippen LogP contribution in [0.2, 0.25) is 0 Å². The van der Waals surface area contributed by atoms with Gasteiger partial charge in [-0.3, -0.25) is 4.79 Å². The molecule has 37 heavy (non-hydrogen) atoms. The van der Waals surface area contributed by atoms with E-state index in [-0.39, 0.29) is 23.3 Å². The van der Waals surface area contributed by atoms with Gasteiger partial charge in [-0.05, 0) is 60.0 Å². The largest absolute Gasteiger partial charge is 0.456 e. The Morgan fingerprint density at radius 2 is 1.22 bits per heavy atom. The third kappa shape index (κ3) is 5.71. The van der Waals surface area contributed by atoms with Crippen LogP contribution in [0.3, 0.4) is 0 Å². The fourth-order valence-electron chi connectivity index (χ4n) is 4.20. The van der Waals surface area contributed by atoms with E-state index in [1.54, 1.807) is 37.3 Å². The molecular formula is C28H21F6NO2. The van der Waals surface area contributed by atoms with Gasteiger partial charge in [0, 0.05) is 6.42 Å². The number of halogens is 6. The summed E-state index contributed by atoms with van der Waals surface area (Å²) in [6.45, 7) is 1.60. The highest BCUT2D eigenvalue weighted by Crippen LogP contribution is 2.40. The van der Waals surface area contributed by atoms with Crippen LogP contribution in [-0.4, -0.2) is 5.91 Å². The summed E-state index contributed by atoms with van der Waals surface area (Å²) in [6.07, 6.45) is -9.57. The number of amides is 1. The Bertz CT molecular complexity index is 1330. The van der Waals surface area contributed by atoms with Crippen LogP contribution >= 0.6 is 0 Å². The molecule has 4 aromatic rings. The highest BCUT2D eigenvalue weighted by atomic mass is 19.4. The molecular weight excluding hydrogens is 496 g/mol. The molecule has 0 fully saturated rings. The van der Waals surface area contributed by atoms with Crippen LogP contribution in [0, 0.1) is 6.92 Å². The summed E-state index contributed by atoms with van der Waals surface area (Å²) < 4.78 is 87.5. The number of hydrogen-bond acceptors (Lipinski definition) is 2. The number of carbonyl (C=O) groups excluding carboxylic acids is 1. The van der Waals surface area contributed by atoms with Crippen molar-refractivity contribution < 1.29 is 35.6 Å². The van der Waals surface area contributed by atoms with Crippen molar-refractivity contribution in [3.8, 4) is 0 Å². The van der Waals surface area contributed by atoms with Crippen molar-refractivity contribution >= 4 is 5.91 Å². The number of carbonyl (C=O) groups is 1. The molecule has 3 aromatic carbocycles. The van der Waals surface area contributed by atoms with Crippen LogP contribution in [0.25, 0.3) is 0 Å². The van der Waals surface area contributed by atoms with E-state index in [4.69, 9.17) is 4.42 Å². The quantitative estimate of drug-likeness (QED) is 0.269. The zero-order valence-corrected chi connectivity index (χ0v) is 19.5. The van der Waals surface area contributed by atoms with Gasteiger partial charge >= 0.3 is 12.4 Å². The number of rotatable bonds is 6. The van der Waals surface area contributed by atoms with Crippen molar-refractivity contribution in [3.05, 3.63) is 130 Å². The lowest BCUT2D eigenvalue weighted by atomic mass is 9.76. The van der Waals surface area contributed by atoms with E-state index in [9.17, 15) is 31.1 Å². The van der Waals surface area contributed by atoms with Gasteiger partial charge in [0.25, 0.3) is 5.91 Å². The smallest absolute Gasteiger partial charge is 0.416 e. The maximum atomic E-state index is 13.7. The van der Waals surface area contributed by atoms with Crippen molar-refractivity contribution in [3.63, 3.8) is 0 Å². The van der Waals surface area contributed by atoms with Gasteiger partial charge in [0.1, 0.15) is 5.76 Å². The Labute approximate surface area is 208 Å². The minimum Gasteiger partial charge on any atom is -0.456 e. The van der Waals surface area contributed by atoms with E-state index >= 15 is 0 Å². The maximum absolute atomic E-state index is 13.7. The van der Waals surface area contributed by atoms with Crippen molar-refractivity contribution in [1.82, 2.24) is 5.32 Å². The van der Waals surface area contributed by atoms with Gasteiger partial charge in [-0.2, -0.15) is 26.3 Å². The van der Waals surface area contributed by atoms with Gasteiger partial charge in [0.15, 0.2) is 5.76 Å². The molecule has 0 aliphatic heterocycles. The molecule has 192 valence electrons. The zero-order chi connectivity index (χ0) is 26.8. The first-order valence-electron chi connectivity index (χ1n) is 11.2. The number of benzene rings is 3. The number of furan rings is 1. The normalized spacial score (nSPS) is 12.4. The molecule has 1 aromatic heterocycles. The molecule has 0 unspecified atom stereocenters. The van der Waals surface area contributed by atoms with Crippen molar-refractivity contribution in [2.45, 2.75) is 31.2 Å². The summed E-state index contributed by atoms with van der Waals surface area (Å²) in [5.74, 6) is -0.510. The van der Waals surface area contributed by atoms with Crippen LogP contribution in [-0.2, 0) is 24.3 Å². The predicted octanol–water partition coefficient (Wildman–Crippen LogP) is 7.54. The highest BCUT2D eigenvalue weighted by molar-refractivity contribution is 5.92. The molecule has 0 spiro atoms. The molecule has 1 heterocycles. The predicted molar refractivity (Wildman–Crippen MR) is 125 cm³/mol. The first-order chi connectivity index (χ1) is 17.4. The minimum atomic E-state index is -4.72. The summed E-state index contributed by atoms with van der Waals surface area (Å²) >= 11 is 0. The van der Waals surface area contributed by atoms with Crippen LogP contribution < -0.4 is 5.32 Å². The number of nitrogens with one attached hydrogen (secondary N) is 1. The third-order valence-electron chi connectivity index (χ3n) is 5.97. The number of hydrogen-bond donors (Lipinski definition) is 1. The molecule has 3 nitrogen and oxygen atoms in total. The molecule has 1 N–H and O–H groups in total. The third-order valence-corrected chi connectivity index (χ3v) is 5.97. The Morgan fingerprint density at radius 1 is 0.703 bits per heavy atom.